The second kappa shape index (κ2) is 6.41. The van der Waals surface area contributed by atoms with Crippen molar-refractivity contribution in [1.29, 1.82) is 5.26 Å². The van der Waals surface area contributed by atoms with Crippen LogP contribution in [0.1, 0.15) is 22.4 Å². The molecule has 0 aliphatic rings. The van der Waals surface area contributed by atoms with Gasteiger partial charge in [-0.15, -0.1) is 0 Å². The molecule has 112 valence electrons. The zero-order chi connectivity index (χ0) is 16.1. The maximum atomic E-state index is 10.1. The minimum absolute atomic E-state index is 0.562. The lowest BCUT2D eigenvalue weighted by atomic mass is 9.74. The lowest BCUT2D eigenvalue weighted by molar-refractivity contribution is 0.626. The molecule has 0 saturated heterocycles. The number of nitriles is 1. The van der Waals surface area contributed by atoms with Gasteiger partial charge in [0.15, 0.2) is 0 Å². The summed E-state index contributed by atoms with van der Waals surface area (Å²) in [6.45, 7) is 2.06. The lowest BCUT2D eigenvalue weighted by Gasteiger charge is -2.26. The molecule has 0 saturated carbocycles. The van der Waals surface area contributed by atoms with E-state index in [1.54, 1.807) is 18.6 Å². The monoisotopic (exact) mass is 299 g/mol. The minimum atomic E-state index is -0.842. The summed E-state index contributed by atoms with van der Waals surface area (Å²) in [5.41, 5.74) is 3.07. The van der Waals surface area contributed by atoms with Crippen LogP contribution in [0.4, 0.5) is 0 Å². The Labute approximate surface area is 136 Å². The Bertz CT molecular complexity index is 764. The molecule has 1 atom stereocenters. The Balaban J connectivity index is 2.13. The molecule has 3 rings (SSSR count). The van der Waals surface area contributed by atoms with Crippen LogP contribution in [-0.2, 0) is 11.8 Å². The Morgan fingerprint density at radius 2 is 1.74 bits per heavy atom. The summed E-state index contributed by atoms with van der Waals surface area (Å²) in [4.78, 5) is 8.59. The van der Waals surface area contributed by atoms with Crippen LogP contribution < -0.4 is 0 Å². The standard InChI is InChI=1S/C20H17N3/c1-16-7-9-17(10-8-16)13-20(15-21,18-5-3-2-4-6-18)19-14-22-11-12-23-19/h2-12,14H,13H2,1H3. The van der Waals surface area contributed by atoms with E-state index >= 15 is 0 Å². The normalized spacial score (nSPS) is 13.0. The van der Waals surface area contributed by atoms with E-state index in [9.17, 15) is 5.26 Å². The molecule has 1 heterocycles. The molecule has 0 fully saturated rings. The molecule has 2 aromatic carbocycles. The van der Waals surface area contributed by atoms with Gasteiger partial charge in [-0.2, -0.15) is 5.26 Å². The van der Waals surface area contributed by atoms with Crippen molar-refractivity contribution in [2.75, 3.05) is 0 Å². The number of rotatable bonds is 4. The predicted octanol–water partition coefficient (Wildman–Crippen LogP) is 3.84. The molecule has 1 unspecified atom stereocenters. The van der Waals surface area contributed by atoms with Gasteiger partial charge in [-0.25, -0.2) is 0 Å². The van der Waals surface area contributed by atoms with E-state index in [0.717, 1.165) is 11.1 Å². The van der Waals surface area contributed by atoms with Crippen LogP contribution in [0.2, 0.25) is 0 Å². The molecular weight excluding hydrogens is 282 g/mol. The van der Waals surface area contributed by atoms with Crippen LogP contribution in [0.3, 0.4) is 0 Å². The van der Waals surface area contributed by atoms with Crippen molar-refractivity contribution in [2.45, 2.75) is 18.8 Å². The Morgan fingerprint density at radius 1 is 1.00 bits per heavy atom. The lowest BCUT2D eigenvalue weighted by Crippen LogP contribution is -2.30. The van der Waals surface area contributed by atoms with Crippen LogP contribution in [0.5, 0.6) is 0 Å². The highest BCUT2D eigenvalue weighted by Crippen LogP contribution is 2.33. The highest BCUT2D eigenvalue weighted by atomic mass is 14.8. The van der Waals surface area contributed by atoms with Gasteiger partial charge in [0.05, 0.1) is 18.0 Å². The number of hydrogen-bond donors (Lipinski definition) is 0. The summed E-state index contributed by atoms with van der Waals surface area (Å²) in [7, 11) is 0. The van der Waals surface area contributed by atoms with Crippen molar-refractivity contribution < 1.29 is 0 Å². The van der Waals surface area contributed by atoms with E-state index in [1.807, 2.05) is 30.3 Å². The van der Waals surface area contributed by atoms with Gasteiger partial charge in [-0.1, -0.05) is 60.2 Å². The molecule has 3 heteroatoms. The first-order chi connectivity index (χ1) is 11.2. The molecule has 0 radical (unpaired) electrons. The van der Waals surface area contributed by atoms with E-state index in [-0.39, 0.29) is 0 Å². The van der Waals surface area contributed by atoms with E-state index in [1.165, 1.54) is 5.56 Å². The smallest absolute Gasteiger partial charge is 0.130 e. The predicted molar refractivity (Wildman–Crippen MR) is 89.8 cm³/mol. The first-order valence-corrected chi connectivity index (χ1v) is 7.53. The number of benzene rings is 2. The number of hydrogen-bond acceptors (Lipinski definition) is 3. The summed E-state index contributed by atoms with van der Waals surface area (Å²) in [6, 6.07) is 20.6. The topological polar surface area (TPSA) is 49.6 Å². The summed E-state index contributed by atoms with van der Waals surface area (Å²) in [5, 5.41) is 10.1. The average Bonchev–Trinajstić information content (AvgIpc) is 2.63. The number of nitrogens with zero attached hydrogens (tertiary/aromatic N) is 3. The van der Waals surface area contributed by atoms with Gasteiger partial charge in [-0.05, 0) is 18.1 Å². The minimum Gasteiger partial charge on any atom is -0.261 e. The van der Waals surface area contributed by atoms with Crippen molar-refractivity contribution in [3.63, 3.8) is 0 Å². The van der Waals surface area contributed by atoms with Crippen molar-refractivity contribution in [3.8, 4) is 6.07 Å². The van der Waals surface area contributed by atoms with Crippen LogP contribution in [0, 0.1) is 18.3 Å². The first-order valence-electron chi connectivity index (χ1n) is 7.53. The summed E-state index contributed by atoms with van der Waals surface area (Å²) >= 11 is 0. The van der Waals surface area contributed by atoms with Gasteiger partial charge < -0.3 is 0 Å². The van der Waals surface area contributed by atoms with Crippen molar-refractivity contribution in [2.24, 2.45) is 0 Å². The van der Waals surface area contributed by atoms with Crippen LogP contribution in [-0.4, -0.2) is 9.97 Å². The van der Waals surface area contributed by atoms with E-state index in [0.29, 0.717) is 12.1 Å². The third kappa shape index (κ3) is 2.97. The molecular formula is C20H17N3. The van der Waals surface area contributed by atoms with E-state index < -0.39 is 5.41 Å². The van der Waals surface area contributed by atoms with Crippen LogP contribution in [0.25, 0.3) is 0 Å². The fourth-order valence-electron chi connectivity index (χ4n) is 2.76. The molecule has 23 heavy (non-hydrogen) atoms. The van der Waals surface area contributed by atoms with Gasteiger partial charge in [0.1, 0.15) is 5.41 Å². The molecule has 0 N–H and O–H groups in total. The summed E-state index contributed by atoms with van der Waals surface area (Å²) in [6.07, 6.45) is 5.51. The molecule has 3 nitrogen and oxygen atoms in total. The second-order valence-corrected chi connectivity index (χ2v) is 5.64. The fraction of sp³-hybridized carbons (Fsp3) is 0.150. The van der Waals surface area contributed by atoms with Gasteiger partial charge in [0.2, 0.25) is 0 Å². The maximum Gasteiger partial charge on any atom is 0.130 e. The van der Waals surface area contributed by atoms with E-state index in [2.05, 4.69) is 47.2 Å². The van der Waals surface area contributed by atoms with Gasteiger partial charge in [0, 0.05) is 18.8 Å². The highest BCUT2D eigenvalue weighted by molar-refractivity contribution is 5.44. The Kier molecular flexibility index (Phi) is 4.16. The second-order valence-electron chi connectivity index (χ2n) is 5.64. The zero-order valence-electron chi connectivity index (χ0n) is 13.0. The van der Waals surface area contributed by atoms with Crippen molar-refractivity contribution in [1.82, 2.24) is 9.97 Å². The molecule has 0 bridgehead atoms. The third-order valence-electron chi connectivity index (χ3n) is 4.05. The summed E-state index contributed by atoms with van der Waals surface area (Å²) in [5.74, 6) is 0. The Hall–Kier alpha value is -2.99. The van der Waals surface area contributed by atoms with Crippen LogP contribution in [0.15, 0.2) is 73.2 Å². The molecule has 1 aromatic heterocycles. The van der Waals surface area contributed by atoms with E-state index in [4.69, 9.17) is 0 Å². The largest absolute Gasteiger partial charge is 0.261 e. The molecule has 0 amide bonds. The molecule has 3 aromatic rings. The van der Waals surface area contributed by atoms with Crippen molar-refractivity contribution in [3.05, 3.63) is 95.6 Å². The maximum absolute atomic E-state index is 10.1. The van der Waals surface area contributed by atoms with Gasteiger partial charge in [0.25, 0.3) is 0 Å². The SMILES string of the molecule is Cc1ccc(CC(C#N)(c2ccccc2)c2cnccn2)cc1. The van der Waals surface area contributed by atoms with Crippen molar-refractivity contribution >= 4 is 0 Å². The van der Waals surface area contributed by atoms with Gasteiger partial charge in [-0.3, -0.25) is 9.97 Å². The zero-order valence-corrected chi connectivity index (χ0v) is 13.0. The third-order valence-corrected chi connectivity index (χ3v) is 4.05. The fourth-order valence-corrected chi connectivity index (χ4v) is 2.76. The number of aromatic nitrogens is 2. The van der Waals surface area contributed by atoms with Crippen LogP contribution >= 0.6 is 0 Å². The highest BCUT2D eigenvalue weighted by Gasteiger charge is 2.36. The molecule has 0 spiro atoms. The molecule has 0 aliphatic heterocycles. The average molecular weight is 299 g/mol. The summed E-state index contributed by atoms with van der Waals surface area (Å²) < 4.78 is 0. The van der Waals surface area contributed by atoms with Gasteiger partial charge >= 0.3 is 0 Å². The number of aryl methyl sites for hydroxylation is 1. The molecule has 0 aliphatic carbocycles. The first kappa shape index (κ1) is 14.9. The quantitative estimate of drug-likeness (QED) is 0.735. The Morgan fingerprint density at radius 3 is 2.35 bits per heavy atom.